The van der Waals surface area contributed by atoms with E-state index in [0.717, 1.165) is 16.8 Å². The average Bonchev–Trinajstić information content (AvgIpc) is 2.38. The van der Waals surface area contributed by atoms with Crippen molar-refractivity contribution in [2.75, 3.05) is 7.11 Å². The van der Waals surface area contributed by atoms with Gasteiger partial charge in [-0.05, 0) is 42.3 Å². The zero-order valence-electron chi connectivity index (χ0n) is 10.4. The predicted molar refractivity (Wildman–Crippen MR) is 73.0 cm³/mol. The van der Waals surface area contributed by atoms with Crippen LogP contribution in [0.1, 0.15) is 22.9 Å². The molecule has 4 heteroatoms. The van der Waals surface area contributed by atoms with E-state index in [2.05, 4.69) is 4.98 Å². The fraction of sp³-hybridized carbons (Fsp3) is 0.214. The third-order valence-electron chi connectivity index (χ3n) is 2.88. The van der Waals surface area contributed by atoms with Crippen molar-refractivity contribution in [2.45, 2.75) is 13.0 Å². The van der Waals surface area contributed by atoms with E-state index in [-0.39, 0.29) is 6.04 Å². The molecule has 0 aliphatic heterocycles. The van der Waals surface area contributed by atoms with Gasteiger partial charge in [-0.15, -0.1) is 0 Å². The molecule has 1 aromatic carbocycles. The van der Waals surface area contributed by atoms with Crippen LogP contribution in [-0.4, -0.2) is 12.1 Å². The largest absolute Gasteiger partial charge is 0.495 e. The third kappa shape index (κ3) is 2.47. The van der Waals surface area contributed by atoms with E-state index >= 15 is 0 Å². The number of aryl methyl sites for hydroxylation is 1. The van der Waals surface area contributed by atoms with Gasteiger partial charge in [0.25, 0.3) is 0 Å². The van der Waals surface area contributed by atoms with Crippen molar-refractivity contribution in [3.63, 3.8) is 0 Å². The van der Waals surface area contributed by atoms with Gasteiger partial charge in [-0.1, -0.05) is 17.7 Å². The third-order valence-corrected chi connectivity index (χ3v) is 3.12. The molecular weight excluding hydrogens is 248 g/mol. The normalized spacial score (nSPS) is 12.2. The highest BCUT2D eigenvalue weighted by molar-refractivity contribution is 6.30. The Bertz CT molecular complexity index is 557. The molecule has 0 bridgehead atoms. The standard InChI is InChI=1S/C14H15ClN2O/c1-9-8-10(15)5-6-11(9)13(16)14-12(18-2)4-3-7-17-14/h3-8,13H,16H2,1-2H3. The Hall–Kier alpha value is -1.58. The van der Waals surface area contributed by atoms with Gasteiger partial charge in [0.1, 0.15) is 11.4 Å². The van der Waals surface area contributed by atoms with Crippen LogP contribution >= 0.6 is 11.6 Å². The van der Waals surface area contributed by atoms with Gasteiger partial charge in [-0.2, -0.15) is 0 Å². The predicted octanol–water partition coefficient (Wildman–Crippen LogP) is 3.10. The highest BCUT2D eigenvalue weighted by atomic mass is 35.5. The summed E-state index contributed by atoms with van der Waals surface area (Å²) in [5, 5.41) is 0.705. The Balaban J connectivity index is 2.44. The minimum atomic E-state index is -0.321. The number of hydrogen-bond donors (Lipinski definition) is 1. The lowest BCUT2D eigenvalue weighted by molar-refractivity contribution is 0.404. The summed E-state index contributed by atoms with van der Waals surface area (Å²) >= 11 is 5.95. The maximum Gasteiger partial charge on any atom is 0.142 e. The lowest BCUT2D eigenvalue weighted by Gasteiger charge is -2.16. The molecule has 18 heavy (non-hydrogen) atoms. The molecule has 0 aliphatic carbocycles. The van der Waals surface area contributed by atoms with E-state index in [9.17, 15) is 0 Å². The van der Waals surface area contributed by atoms with E-state index < -0.39 is 0 Å². The van der Waals surface area contributed by atoms with Gasteiger partial charge in [0.15, 0.2) is 0 Å². The number of benzene rings is 1. The highest BCUT2D eigenvalue weighted by Crippen LogP contribution is 2.28. The Kier molecular flexibility index (Phi) is 3.84. The van der Waals surface area contributed by atoms with Crippen molar-refractivity contribution in [3.05, 3.63) is 58.4 Å². The SMILES string of the molecule is COc1cccnc1C(N)c1ccc(Cl)cc1C. The van der Waals surface area contributed by atoms with E-state index in [1.54, 1.807) is 13.3 Å². The van der Waals surface area contributed by atoms with Crippen LogP contribution < -0.4 is 10.5 Å². The molecule has 0 amide bonds. The smallest absolute Gasteiger partial charge is 0.142 e. The minimum absolute atomic E-state index is 0.321. The first kappa shape index (κ1) is 12.9. The van der Waals surface area contributed by atoms with E-state index in [4.69, 9.17) is 22.1 Å². The second-order valence-corrected chi connectivity index (χ2v) is 4.51. The second-order valence-electron chi connectivity index (χ2n) is 4.07. The van der Waals surface area contributed by atoms with Gasteiger partial charge < -0.3 is 10.5 Å². The molecule has 0 spiro atoms. The lowest BCUT2D eigenvalue weighted by atomic mass is 9.98. The van der Waals surface area contributed by atoms with Gasteiger partial charge in [-0.25, -0.2) is 0 Å². The Labute approximate surface area is 112 Å². The molecule has 0 radical (unpaired) electrons. The summed E-state index contributed by atoms with van der Waals surface area (Å²) in [4.78, 5) is 4.31. The number of nitrogens with two attached hydrogens (primary N) is 1. The summed E-state index contributed by atoms with van der Waals surface area (Å²) in [6, 6.07) is 9.01. The molecule has 3 nitrogen and oxygen atoms in total. The van der Waals surface area contributed by atoms with Gasteiger partial charge in [0, 0.05) is 11.2 Å². The van der Waals surface area contributed by atoms with Crippen molar-refractivity contribution in [1.29, 1.82) is 0 Å². The summed E-state index contributed by atoms with van der Waals surface area (Å²) in [5.74, 6) is 0.694. The quantitative estimate of drug-likeness (QED) is 0.925. The number of halogens is 1. The van der Waals surface area contributed by atoms with Crippen molar-refractivity contribution in [1.82, 2.24) is 4.98 Å². The molecule has 1 unspecified atom stereocenters. The molecule has 0 saturated carbocycles. The van der Waals surface area contributed by atoms with Crippen LogP contribution in [0.2, 0.25) is 5.02 Å². The molecule has 94 valence electrons. The molecular formula is C14H15ClN2O. The summed E-state index contributed by atoms with van der Waals surface area (Å²) in [6.45, 7) is 1.98. The number of pyridine rings is 1. The molecule has 0 saturated heterocycles. The Morgan fingerprint density at radius 2 is 2.11 bits per heavy atom. The van der Waals surface area contributed by atoms with Crippen molar-refractivity contribution in [2.24, 2.45) is 5.73 Å². The van der Waals surface area contributed by atoms with Crippen LogP contribution in [0.5, 0.6) is 5.75 Å². The molecule has 2 N–H and O–H groups in total. The zero-order valence-corrected chi connectivity index (χ0v) is 11.1. The number of nitrogens with zero attached hydrogens (tertiary/aromatic N) is 1. The van der Waals surface area contributed by atoms with Crippen molar-refractivity contribution >= 4 is 11.6 Å². The van der Waals surface area contributed by atoms with Crippen LogP contribution in [-0.2, 0) is 0 Å². The number of rotatable bonds is 3. The molecule has 0 aliphatic rings. The maximum atomic E-state index is 6.26. The highest BCUT2D eigenvalue weighted by Gasteiger charge is 2.17. The zero-order chi connectivity index (χ0) is 13.1. The summed E-state index contributed by atoms with van der Waals surface area (Å²) in [5.41, 5.74) is 9.03. The van der Waals surface area contributed by atoms with Crippen molar-refractivity contribution in [3.8, 4) is 5.75 Å². The van der Waals surface area contributed by atoms with E-state index in [1.807, 2.05) is 37.3 Å². The summed E-state index contributed by atoms with van der Waals surface area (Å²) in [7, 11) is 1.61. The number of hydrogen-bond acceptors (Lipinski definition) is 3. The first-order chi connectivity index (χ1) is 8.63. The summed E-state index contributed by atoms with van der Waals surface area (Å²) < 4.78 is 5.28. The molecule has 1 aromatic heterocycles. The topological polar surface area (TPSA) is 48.1 Å². The first-order valence-corrected chi connectivity index (χ1v) is 6.02. The molecule has 2 rings (SSSR count). The van der Waals surface area contributed by atoms with Crippen LogP contribution in [0.15, 0.2) is 36.5 Å². The van der Waals surface area contributed by atoms with Gasteiger partial charge in [0.2, 0.25) is 0 Å². The molecule has 1 atom stereocenters. The van der Waals surface area contributed by atoms with Crippen LogP contribution in [0.3, 0.4) is 0 Å². The lowest BCUT2D eigenvalue weighted by Crippen LogP contribution is -2.15. The number of aromatic nitrogens is 1. The minimum Gasteiger partial charge on any atom is -0.495 e. The van der Waals surface area contributed by atoms with Crippen LogP contribution in [0.25, 0.3) is 0 Å². The molecule has 2 aromatic rings. The number of methoxy groups -OCH3 is 1. The first-order valence-electron chi connectivity index (χ1n) is 5.64. The van der Waals surface area contributed by atoms with Crippen LogP contribution in [0.4, 0.5) is 0 Å². The van der Waals surface area contributed by atoms with E-state index in [0.29, 0.717) is 10.8 Å². The number of ether oxygens (including phenoxy) is 1. The van der Waals surface area contributed by atoms with Gasteiger partial charge in [0.05, 0.1) is 13.2 Å². The van der Waals surface area contributed by atoms with Gasteiger partial charge >= 0.3 is 0 Å². The van der Waals surface area contributed by atoms with Gasteiger partial charge in [-0.3, -0.25) is 4.98 Å². The second kappa shape index (κ2) is 5.38. The van der Waals surface area contributed by atoms with E-state index in [1.165, 1.54) is 0 Å². The van der Waals surface area contributed by atoms with Crippen LogP contribution in [0, 0.1) is 6.92 Å². The fourth-order valence-corrected chi connectivity index (χ4v) is 2.17. The monoisotopic (exact) mass is 262 g/mol. The molecule has 0 fully saturated rings. The van der Waals surface area contributed by atoms with Crippen molar-refractivity contribution < 1.29 is 4.74 Å². The Morgan fingerprint density at radius 1 is 1.33 bits per heavy atom. The average molecular weight is 263 g/mol. The Morgan fingerprint density at radius 3 is 2.78 bits per heavy atom. The maximum absolute atomic E-state index is 6.26. The summed E-state index contributed by atoms with van der Waals surface area (Å²) in [6.07, 6.45) is 1.71. The fourth-order valence-electron chi connectivity index (χ4n) is 1.94. The molecule has 1 heterocycles.